The van der Waals surface area contributed by atoms with Gasteiger partial charge in [0.05, 0.1) is 0 Å². The van der Waals surface area contributed by atoms with Crippen LogP contribution < -0.4 is 5.32 Å². The third-order valence-electron chi connectivity index (χ3n) is 3.61. The zero-order valence-electron chi connectivity index (χ0n) is 10.4. The number of carbonyl (C=O) groups excluding carboxylic acids is 1. The Morgan fingerprint density at radius 2 is 2.22 bits per heavy atom. The Kier molecular flexibility index (Phi) is 4.84. The number of amides is 1. The molecule has 98 valence electrons. The van der Waals surface area contributed by atoms with Crippen LogP contribution in [0.3, 0.4) is 0 Å². The van der Waals surface area contributed by atoms with E-state index in [-0.39, 0.29) is 5.91 Å². The van der Waals surface area contributed by atoms with Gasteiger partial charge in [-0.25, -0.2) is 0 Å². The summed E-state index contributed by atoms with van der Waals surface area (Å²) in [4.78, 5) is 12.2. The highest BCUT2D eigenvalue weighted by Gasteiger charge is 2.27. The summed E-state index contributed by atoms with van der Waals surface area (Å²) in [6.45, 7) is 2.02. The van der Waals surface area contributed by atoms with Crippen molar-refractivity contribution in [1.82, 2.24) is 5.32 Å². The van der Waals surface area contributed by atoms with Crippen LogP contribution in [0.1, 0.15) is 35.2 Å². The summed E-state index contributed by atoms with van der Waals surface area (Å²) in [5, 5.41) is 4.12. The fourth-order valence-corrected chi connectivity index (χ4v) is 3.55. The van der Waals surface area contributed by atoms with Gasteiger partial charge < -0.3 is 5.32 Å². The fraction of sp³-hybridized carbons (Fsp3) is 0.500. The smallest absolute Gasteiger partial charge is 0.251 e. The van der Waals surface area contributed by atoms with E-state index in [0.717, 1.165) is 27.4 Å². The van der Waals surface area contributed by atoms with Crippen molar-refractivity contribution >= 4 is 37.8 Å². The lowest BCUT2D eigenvalue weighted by Crippen LogP contribution is -2.37. The largest absolute Gasteiger partial charge is 0.349 e. The quantitative estimate of drug-likeness (QED) is 0.794. The molecule has 18 heavy (non-hydrogen) atoms. The molecule has 2 atom stereocenters. The Balaban J connectivity index is 2.05. The highest BCUT2D eigenvalue weighted by Crippen LogP contribution is 2.27. The normalized spacial score (nSPS) is 23.1. The Morgan fingerprint density at radius 1 is 1.44 bits per heavy atom. The van der Waals surface area contributed by atoms with E-state index >= 15 is 0 Å². The summed E-state index contributed by atoms with van der Waals surface area (Å²) in [6, 6.07) is 6.06. The number of carbonyl (C=O) groups is 1. The van der Waals surface area contributed by atoms with Gasteiger partial charge in [0.25, 0.3) is 5.91 Å². The van der Waals surface area contributed by atoms with E-state index in [1.807, 2.05) is 25.1 Å². The summed E-state index contributed by atoms with van der Waals surface area (Å²) >= 11 is 6.99. The molecule has 1 amide bonds. The number of nitrogens with one attached hydrogen (secondary N) is 1. The van der Waals surface area contributed by atoms with Gasteiger partial charge in [-0.15, -0.1) is 0 Å². The highest BCUT2D eigenvalue weighted by molar-refractivity contribution is 9.10. The van der Waals surface area contributed by atoms with Crippen molar-refractivity contribution in [2.45, 2.75) is 32.2 Å². The van der Waals surface area contributed by atoms with Crippen molar-refractivity contribution in [3.05, 3.63) is 33.8 Å². The van der Waals surface area contributed by atoms with Crippen molar-refractivity contribution < 1.29 is 4.79 Å². The maximum atomic E-state index is 12.2. The Morgan fingerprint density at radius 3 is 2.89 bits per heavy atom. The molecule has 1 aliphatic rings. The lowest BCUT2D eigenvalue weighted by molar-refractivity contribution is 0.0930. The summed E-state index contributed by atoms with van der Waals surface area (Å²) in [6.07, 6.45) is 3.50. The number of hydrogen-bond acceptors (Lipinski definition) is 1. The first-order valence-corrected chi connectivity index (χ1v) is 8.16. The molecule has 0 saturated heterocycles. The molecule has 0 aromatic heterocycles. The predicted molar refractivity (Wildman–Crippen MR) is 81.3 cm³/mol. The van der Waals surface area contributed by atoms with Crippen LogP contribution in [0, 0.1) is 12.8 Å². The second-order valence-electron chi connectivity index (χ2n) is 4.89. The molecule has 1 saturated carbocycles. The molecule has 1 aromatic rings. The van der Waals surface area contributed by atoms with Gasteiger partial charge in [-0.2, -0.15) is 0 Å². The van der Waals surface area contributed by atoms with Crippen LogP contribution in [0.25, 0.3) is 0 Å². The molecular formula is C14H17Br2NO. The van der Waals surface area contributed by atoms with Crippen molar-refractivity contribution in [2.24, 2.45) is 5.92 Å². The molecule has 2 unspecified atom stereocenters. The van der Waals surface area contributed by atoms with Crippen LogP contribution in [-0.2, 0) is 0 Å². The van der Waals surface area contributed by atoms with Crippen molar-refractivity contribution in [3.63, 3.8) is 0 Å². The van der Waals surface area contributed by atoms with E-state index in [0.29, 0.717) is 12.0 Å². The average Bonchev–Trinajstić information content (AvgIpc) is 2.79. The van der Waals surface area contributed by atoms with Crippen molar-refractivity contribution in [3.8, 4) is 0 Å². The van der Waals surface area contributed by atoms with E-state index < -0.39 is 0 Å². The number of halogens is 2. The van der Waals surface area contributed by atoms with E-state index in [9.17, 15) is 4.79 Å². The van der Waals surface area contributed by atoms with Crippen LogP contribution >= 0.6 is 31.9 Å². The van der Waals surface area contributed by atoms with Crippen LogP contribution in [0.4, 0.5) is 0 Å². The molecule has 4 heteroatoms. The monoisotopic (exact) mass is 373 g/mol. The summed E-state index contributed by atoms with van der Waals surface area (Å²) < 4.78 is 0.985. The number of alkyl halides is 1. The maximum Gasteiger partial charge on any atom is 0.251 e. The highest BCUT2D eigenvalue weighted by atomic mass is 79.9. The Hall–Kier alpha value is -0.350. The topological polar surface area (TPSA) is 29.1 Å². The molecular weight excluding hydrogens is 358 g/mol. The maximum absolute atomic E-state index is 12.2. The van der Waals surface area contributed by atoms with Gasteiger partial charge in [-0.1, -0.05) is 44.3 Å². The second-order valence-corrected chi connectivity index (χ2v) is 6.39. The third-order valence-corrected chi connectivity index (χ3v) is 5.29. The molecule has 0 heterocycles. The zero-order chi connectivity index (χ0) is 13.1. The molecule has 2 nitrogen and oxygen atoms in total. The van der Waals surface area contributed by atoms with Gasteiger partial charge in [0, 0.05) is 21.4 Å². The van der Waals surface area contributed by atoms with Crippen molar-refractivity contribution in [1.29, 1.82) is 0 Å². The van der Waals surface area contributed by atoms with Crippen LogP contribution in [0.5, 0.6) is 0 Å². The van der Waals surface area contributed by atoms with Gasteiger partial charge in [0.2, 0.25) is 0 Å². The van der Waals surface area contributed by atoms with Gasteiger partial charge in [0.1, 0.15) is 0 Å². The van der Waals surface area contributed by atoms with Crippen LogP contribution in [-0.4, -0.2) is 17.3 Å². The van der Waals surface area contributed by atoms with Gasteiger partial charge in [-0.05, 0) is 43.4 Å². The molecule has 0 bridgehead atoms. The molecule has 1 N–H and O–H groups in total. The molecule has 0 spiro atoms. The van der Waals surface area contributed by atoms with Gasteiger partial charge in [0.15, 0.2) is 0 Å². The van der Waals surface area contributed by atoms with Crippen molar-refractivity contribution in [2.75, 3.05) is 5.33 Å². The van der Waals surface area contributed by atoms with Gasteiger partial charge in [-0.3, -0.25) is 4.79 Å². The lowest BCUT2D eigenvalue weighted by Gasteiger charge is -2.19. The number of hydrogen-bond donors (Lipinski definition) is 1. The molecule has 2 rings (SSSR count). The van der Waals surface area contributed by atoms with E-state index in [1.54, 1.807) is 0 Å². The van der Waals surface area contributed by atoms with Gasteiger partial charge >= 0.3 is 0 Å². The number of benzene rings is 1. The molecule has 0 radical (unpaired) electrons. The molecule has 1 fully saturated rings. The summed E-state index contributed by atoms with van der Waals surface area (Å²) in [5.41, 5.74) is 1.87. The standard InChI is InChI=1S/C14H17Br2NO/c1-9-5-6-10(7-12(9)16)14(18)17-13-4-2-3-11(13)8-15/h5-7,11,13H,2-4,8H2,1H3,(H,17,18). The minimum absolute atomic E-state index is 0.0357. The number of aryl methyl sites for hydroxylation is 1. The molecule has 1 aliphatic carbocycles. The third kappa shape index (κ3) is 3.15. The molecule has 0 aliphatic heterocycles. The second kappa shape index (κ2) is 6.20. The minimum Gasteiger partial charge on any atom is -0.349 e. The average molecular weight is 375 g/mol. The fourth-order valence-electron chi connectivity index (χ4n) is 2.40. The zero-order valence-corrected chi connectivity index (χ0v) is 13.6. The first kappa shape index (κ1) is 14.1. The first-order valence-electron chi connectivity index (χ1n) is 6.25. The summed E-state index contributed by atoms with van der Waals surface area (Å²) in [7, 11) is 0. The molecule has 1 aromatic carbocycles. The van der Waals surface area contributed by atoms with E-state index in [1.165, 1.54) is 12.8 Å². The van der Waals surface area contributed by atoms with E-state index in [4.69, 9.17) is 0 Å². The lowest BCUT2D eigenvalue weighted by atomic mass is 10.1. The number of rotatable bonds is 3. The van der Waals surface area contributed by atoms with Crippen LogP contribution in [0.2, 0.25) is 0 Å². The Labute approximate surface area is 125 Å². The Bertz CT molecular complexity index is 447. The van der Waals surface area contributed by atoms with Crippen LogP contribution in [0.15, 0.2) is 22.7 Å². The minimum atomic E-state index is 0.0357. The first-order chi connectivity index (χ1) is 8.61. The SMILES string of the molecule is Cc1ccc(C(=O)NC2CCCC2CBr)cc1Br. The predicted octanol–water partition coefficient (Wildman–Crippen LogP) is 4.05. The van der Waals surface area contributed by atoms with E-state index in [2.05, 4.69) is 37.2 Å². The summed E-state index contributed by atoms with van der Waals surface area (Å²) in [5.74, 6) is 0.608.